The fourth-order valence-electron chi connectivity index (χ4n) is 3.63. The third-order valence-corrected chi connectivity index (χ3v) is 9.77. The average molecular weight is 628 g/mol. The van der Waals surface area contributed by atoms with Crippen molar-refractivity contribution in [3.63, 3.8) is 0 Å². The summed E-state index contributed by atoms with van der Waals surface area (Å²) in [5.74, 6) is -1.11. The minimum Gasteiger partial charge on any atom is -0.505 e. The smallest absolute Gasteiger partial charge is 0.296 e. The Morgan fingerprint density at radius 2 is 1.41 bits per heavy atom. The zero-order chi connectivity index (χ0) is 29.3. The van der Waals surface area contributed by atoms with Crippen LogP contribution in [0.4, 0.5) is 17.1 Å². The van der Waals surface area contributed by atoms with Crippen LogP contribution in [0, 0.1) is 0 Å². The van der Waals surface area contributed by atoms with Gasteiger partial charge in [0.05, 0.1) is 4.90 Å². The van der Waals surface area contributed by atoms with E-state index in [0.29, 0.717) is 0 Å². The molecule has 0 spiro atoms. The summed E-state index contributed by atoms with van der Waals surface area (Å²) in [6, 6.07) is 16.8. The van der Waals surface area contributed by atoms with Crippen LogP contribution in [0.3, 0.4) is 0 Å². The van der Waals surface area contributed by atoms with Crippen molar-refractivity contribution in [3.8, 4) is 5.75 Å². The largest absolute Gasteiger partial charge is 0.505 e. The third-order valence-electron chi connectivity index (χ3n) is 5.33. The maximum absolute atomic E-state index is 13.0. The molecule has 0 saturated heterocycles. The first-order valence-electron chi connectivity index (χ1n) is 11.1. The summed E-state index contributed by atoms with van der Waals surface area (Å²) in [6.07, 6.45) is 0. The maximum atomic E-state index is 13.0. The van der Waals surface area contributed by atoms with Crippen LogP contribution >= 0.6 is 0 Å². The summed E-state index contributed by atoms with van der Waals surface area (Å²) >= 11 is 0. The van der Waals surface area contributed by atoms with Gasteiger partial charge in [-0.15, -0.1) is 14.4 Å². The van der Waals surface area contributed by atoms with E-state index < -0.39 is 63.0 Å². The Kier molecular flexibility index (Phi) is 9.72. The van der Waals surface area contributed by atoms with Gasteiger partial charge in [-0.3, -0.25) is 9.35 Å². The Morgan fingerprint density at radius 1 is 0.780 bits per heavy atom. The number of carbonyl (C=O) groups is 1. The Morgan fingerprint density at radius 3 is 2.05 bits per heavy atom. The van der Waals surface area contributed by atoms with Gasteiger partial charge in [-0.2, -0.15) is 8.42 Å². The van der Waals surface area contributed by atoms with E-state index in [1.165, 1.54) is 61.5 Å². The fourth-order valence-corrected chi connectivity index (χ4v) is 7.35. The zero-order valence-electron chi connectivity index (χ0n) is 21.4. The number of fused-ring (bicyclic) bond motifs is 1. The number of benzene rings is 4. The normalized spacial score (nSPS) is 12.2. The van der Waals surface area contributed by atoms with Gasteiger partial charge in [0.2, 0.25) is 5.91 Å². The SMILES string of the molecule is CC(=O)Nc1ccc2c(O)c(N=Nc3ccccc3S(=O)(=O)NS(=O)(=O)c3ccccc3)c(S(=O)(=O)O)cc2c1.[Na]. The van der Waals surface area contributed by atoms with Crippen LogP contribution in [-0.4, -0.2) is 70.4 Å². The van der Waals surface area contributed by atoms with E-state index in [4.69, 9.17) is 0 Å². The molecule has 0 bridgehead atoms. The van der Waals surface area contributed by atoms with Crippen molar-refractivity contribution in [1.29, 1.82) is 0 Å². The zero-order valence-corrected chi connectivity index (χ0v) is 25.8. The molecule has 209 valence electrons. The number of phenols is 1. The average Bonchev–Trinajstić information content (AvgIpc) is 2.87. The van der Waals surface area contributed by atoms with Crippen LogP contribution in [0.2, 0.25) is 0 Å². The molecule has 0 heterocycles. The Bertz CT molecular complexity index is 2000. The molecule has 0 fully saturated rings. The number of anilines is 1. The van der Waals surface area contributed by atoms with Crippen molar-refractivity contribution in [2.45, 2.75) is 21.6 Å². The summed E-state index contributed by atoms with van der Waals surface area (Å²) in [7, 11) is -14.3. The van der Waals surface area contributed by atoms with E-state index in [1.54, 1.807) is 10.2 Å². The molecule has 0 aliphatic heterocycles. The molecule has 41 heavy (non-hydrogen) atoms. The van der Waals surface area contributed by atoms with Crippen molar-refractivity contribution in [2.75, 3.05) is 5.32 Å². The number of amides is 1. The van der Waals surface area contributed by atoms with Gasteiger partial charge in [-0.25, -0.2) is 16.8 Å². The van der Waals surface area contributed by atoms with Crippen molar-refractivity contribution in [3.05, 3.63) is 78.9 Å². The van der Waals surface area contributed by atoms with E-state index in [0.717, 1.165) is 18.2 Å². The Balaban J connectivity index is 0.00000462. The van der Waals surface area contributed by atoms with E-state index in [-0.39, 0.29) is 50.9 Å². The second kappa shape index (κ2) is 12.3. The quantitative estimate of drug-likeness (QED) is 0.128. The van der Waals surface area contributed by atoms with Gasteiger partial charge >= 0.3 is 0 Å². The van der Waals surface area contributed by atoms with Gasteiger partial charge in [0, 0.05) is 47.6 Å². The van der Waals surface area contributed by atoms with Gasteiger partial charge in [-0.05, 0) is 53.9 Å². The van der Waals surface area contributed by atoms with Gasteiger partial charge in [0.15, 0.2) is 5.75 Å². The van der Waals surface area contributed by atoms with Crippen LogP contribution in [0.1, 0.15) is 6.92 Å². The Labute approximate surface area is 257 Å². The molecule has 0 aliphatic rings. The van der Waals surface area contributed by atoms with E-state index in [1.807, 2.05) is 0 Å². The summed E-state index contributed by atoms with van der Waals surface area (Å²) in [6.45, 7) is 1.26. The second-order valence-electron chi connectivity index (χ2n) is 8.24. The summed E-state index contributed by atoms with van der Waals surface area (Å²) < 4.78 is 87.0. The predicted octanol–water partition coefficient (Wildman–Crippen LogP) is 3.45. The van der Waals surface area contributed by atoms with Crippen molar-refractivity contribution >= 4 is 93.5 Å². The predicted molar refractivity (Wildman–Crippen MR) is 150 cm³/mol. The Hall–Kier alpha value is -3.22. The van der Waals surface area contributed by atoms with Gasteiger partial charge in [-0.1, -0.05) is 30.3 Å². The number of rotatable bonds is 8. The first-order valence-corrected chi connectivity index (χ1v) is 15.5. The van der Waals surface area contributed by atoms with Crippen LogP contribution in [0.15, 0.2) is 104 Å². The molecule has 13 nitrogen and oxygen atoms in total. The number of phenolic OH excluding ortho intramolecular Hbond substituents is 1. The molecule has 4 rings (SSSR count). The number of hydrogen-bond acceptors (Lipinski definition) is 10. The number of nitrogens with one attached hydrogen (secondary N) is 2. The standard InChI is InChI=1S/C24H20N4O9S3.Na/c1-15(29)25-17-11-12-19-16(13-17)14-22(40(35,36)37)23(24(19)30)27-26-20-9-5-6-10-21(20)39(33,34)28-38(31,32)18-7-3-2-4-8-18;/h2-14,28,30H,1H3,(H,25,29)(H,35,36,37);. The third kappa shape index (κ3) is 7.35. The molecular weight excluding hydrogens is 607 g/mol. The number of hydrogen-bond donors (Lipinski definition) is 4. The number of azo groups is 1. The molecule has 0 atom stereocenters. The molecule has 17 heteroatoms. The number of aromatic hydroxyl groups is 1. The van der Waals surface area contributed by atoms with Crippen LogP contribution < -0.4 is 9.44 Å². The molecule has 4 aromatic rings. The number of nitrogens with zero attached hydrogens (tertiary/aromatic N) is 2. The maximum Gasteiger partial charge on any atom is 0.296 e. The van der Waals surface area contributed by atoms with Gasteiger partial charge in [0.25, 0.3) is 30.2 Å². The molecular formula is C24H20N4NaO9S3. The molecule has 1 radical (unpaired) electrons. The van der Waals surface area contributed by atoms with E-state index in [9.17, 15) is 39.7 Å². The summed E-state index contributed by atoms with van der Waals surface area (Å²) in [4.78, 5) is 9.58. The monoisotopic (exact) mass is 627 g/mol. The van der Waals surface area contributed by atoms with Crippen LogP contribution in [0.25, 0.3) is 10.8 Å². The molecule has 0 unspecified atom stereocenters. The molecule has 4 N–H and O–H groups in total. The van der Waals surface area contributed by atoms with Crippen LogP contribution in [0.5, 0.6) is 5.75 Å². The summed E-state index contributed by atoms with van der Waals surface area (Å²) in [5, 5.41) is 21.0. The van der Waals surface area contributed by atoms with E-state index >= 15 is 0 Å². The molecule has 0 aliphatic carbocycles. The molecule has 4 aromatic carbocycles. The molecule has 0 aromatic heterocycles. The first kappa shape index (κ1) is 32.3. The number of carbonyl (C=O) groups excluding carboxylic acids is 1. The second-order valence-corrected chi connectivity index (χ2v) is 13.2. The topological polar surface area (TPSA) is 209 Å². The van der Waals surface area contributed by atoms with Gasteiger partial charge < -0.3 is 10.4 Å². The molecule has 0 saturated carbocycles. The van der Waals surface area contributed by atoms with Gasteiger partial charge in [0.1, 0.15) is 21.2 Å². The minimum atomic E-state index is -4.99. The summed E-state index contributed by atoms with van der Waals surface area (Å²) in [5.41, 5.74) is -0.827. The number of sulfonamides is 2. The van der Waals surface area contributed by atoms with Crippen molar-refractivity contribution in [1.82, 2.24) is 4.13 Å². The first-order chi connectivity index (χ1) is 18.7. The fraction of sp³-hybridized carbons (Fsp3) is 0.0417. The minimum absolute atomic E-state index is 0. The van der Waals surface area contributed by atoms with Crippen molar-refractivity contribution < 1.29 is 39.7 Å². The van der Waals surface area contributed by atoms with Crippen LogP contribution in [-0.2, 0) is 35.0 Å². The van der Waals surface area contributed by atoms with Crippen molar-refractivity contribution in [2.24, 2.45) is 10.2 Å². The van der Waals surface area contributed by atoms with E-state index in [2.05, 4.69) is 15.5 Å². The molecule has 1 amide bonds.